The van der Waals surface area contributed by atoms with Crippen molar-refractivity contribution in [1.29, 1.82) is 0 Å². The fourth-order valence-electron chi connectivity index (χ4n) is 1.06. The molecule has 2 nitrogen and oxygen atoms in total. The maximum Gasteiger partial charge on any atom is 0.148 e. The molecule has 0 aromatic carbocycles. The molecule has 0 atom stereocenters. The second-order valence-corrected chi connectivity index (χ2v) is 4.24. The number of hydrogen-bond acceptors (Lipinski definition) is 1. The summed E-state index contributed by atoms with van der Waals surface area (Å²) in [6.45, 7) is 8.56. The Morgan fingerprint density at radius 3 is 2.23 bits per heavy atom. The lowest BCUT2D eigenvalue weighted by Crippen LogP contribution is -3.00. The highest BCUT2D eigenvalue weighted by Crippen LogP contribution is 2.01. The van der Waals surface area contributed by atoms with Gasteiger partial charge in [-0.1, -0.05) is 0 Å². The predicted molar refractivity (Wildman–Crippen MR) is 50.3 cm³/mol. The van der Waals surface area contributed by atoms with E-state index in [1.54, 1.807) is 0 Å². The molecule has 13 heavy (non-hydrogen) atoms. The lowest BCUT2D eigenvalue weighted by molar-refractivity contribution is -0.642. The molecule has 0 aliphatic carbocycles. The van der Waals surface area contributed by atoms with Crippen LogP contribution in [-0.4, -0.2) is 10.5 Å². The largest absolute Gasteiger partial charge is 1.00 e. The second kappa shape index (κ2) is 4.72. The Balaban J connectivity index is 0.00000144. The average molecular weight is 245 g/mol. The first-order valence-corrected chi connectivity index (χ1v) is 4.26. The summed E-state index contributed by atoms with van der Waals surface area (Å²) < 4.78 is 0. The third-order valence-corrected chi connectivity index (χ3v) is 1.53. The standard InChI is InChI=1S/C10H16N2.BrH/c1-8-5-6-9(7-11-8)12-10(2,3)4;/h5-7,12H,1-4H3;1H. The molecule has 3 heteroatoms. The molecular weight excluding hydrogens is 228 g/mol. The summed E-state index contributed by atoms with van der Waals surface area (Å²) in [6.07, 6.45) is 1.92. The number of pyridine rings is 1. The minimum absolute atomic E-state index is 0. The molecule has 2 N–H and O–H groups in total. The van der Waals surface area contributed by atoms with Crippen molar-refractivity contribution >= 4 is 5.69 Å². The third-order valence-electron chi connectivity index (χ3n) is 1.53. The number of rotatable bonds is 1. The van der Waals surface area contributed by atoms with Gasteiger partial charge in [0.25, 0.3) is 0 Å². The maximum absolute atomic E-state index is 4.23. The van der Waals surface area contributed by atoms with E-state index in [0.29, 0.717) is 0 Å². The predicted octanol–water partition coefficient (Wildman–Crippen LogP) is -1.61. The van der Waals surface area contributed by atoms with Crippen molar-refractivity contribution in [2.45, 2.75) is 33.2 Å². The quantitative estimate of drug-likeness (QED) is 0.633. The Morgan fingerprint density at radius 2 is 1.85 bits per heavy atom. The van der Waals surface area contributed by atoms with Crippen LogP contribution in [0.2, 0.25) is 0 Å². The number of aryl methyl sites for hydroxylation is 1. The molecule has 0 amide bonds. The fraction of sp³-hybridized carbons (Fsp3) is 0.500. The Bertz CT molecular complexity index is 249. The molecule has 0 fully saturated rings. The number of hydrogen-bond donors (Lipinski definition) is 1. The van der Waals surface area contributed by atoms with E-state index in [0.717, 1.165) is 5.69 Å². The zero-order chi connectivity index (χ0) is 9.19. The minimum Gasteiger partial charge on any atom is -1.00 e. The summed E-state index contributed by atoms with van der Waals surface area (Å²) in [6, 6.07) is 4.14. The summed E-state index contributed by atoms with van der Waals surface area (Å²) >= 11 is 0. The SMILES string of the molecule is Cc1ccc([NH2+]C(C)(C)C)cn1.[Br-]. The van der Waals surface area contributed by atoms with Gasteiger partial charge in [0, 0.05) is 11.8 Å². The van der Waals surface area contributed by atoms with Gasteiger partial charge in [-0.25, -0.2) is 0 Å². The van der Waals surface area contributed by atoms with E-state index in [2.05, 4.69) is 37.1 Å². The molecule has 1 heterocycles. The van der Waals surface area contributed by atoms with Gasteiger partial charge in [0.15, 0.2) is 0 Å². The van der Waals surface area contributed by atoms with E-state index < -0.39 is 0 Å². The molecule has 0 aliphatic heterocycles. The van der Waals surface area contributed by atoms with E-state index in [1.165, 1.54) is 5.69 Å². The Hall–Kier alpha value is -0.410. The fourth-order valence-corrected chi connectivity index (χ4v) is 1.06. The molecule has 1 rings (SSSR count). The van der Waals surface area contributed by atoms with Crippen LogP contribution in [0.1, 0.15) is 26.5 Å². The normalized spacial score (nSPS) is 10.8. The third kappa shape index (κ3) is 5.01. The van der Waals surface area contributed by atoms with Crippen molar-refractivity contribution in [3.63, 3.8) is 0 Å². The van der Waals surface area contributed by atoms with Gasteiger partial charge in [-0.15, -0.1) is 0 Å². The zero-order valence-corrected chi connectivity index (χ0v) is 10.2. The Morgan fingerprint density at radius 1 is 1.23 bits per heavy atom. The Kier molecular flexibility index (Phi) is 4.57. The molecule has 1 aromatic rings. The first-order valence-electron chi connectivity index (χ1n) is 4.26. The summed E-state index contributed by atoms with van der Waals surface area (Å²) in [5.74, 6) is 0. The molecule has 0 saturated carbocycles. The maximum atomic E-state index is 4.23. The van der Waals surface area contributed by atoms with Gasteiger partial charge in [0.05, 0.1) is 11.7 Å². The summed E-state index contributed by atoms with van der Waals surface area (Å²) in [7, 11) is 0. The van der Waals surface area contributed by atoms with Crippen molar-refractivity contribution < 1.29 is 22.3 Å². The van der Waals surface area contributed by atoms with Crippen LogP contribution in [0.4, 0.5) is 5.69 Å². The molecule has 0 aliphatic rings. The van der Waals surface area contributed by atoms with Crippen LogP contribution in [0.15, 0.2) is 18.3 Å². The van der Waals surface area contributed by atoms with Gasteiger partial charge in [-0.2, -0.15) is 0 Å². The summed E-state index contributed by atoms with van der Waals surface area (Å²) in [5.41, 5.74) is 2.51. The van der Waals surface area contributed by atoms with Crippen LogP contribution < -0.4 is 22.3 Å². The second-order valence-electron chi connectivity index (χ2n) is 4.24. The monoisotopic (exact) mass is 244 g/mol. The van der Waals surface area contributed by atoms with Gasteiger partial charge < -0.3 is 22.3 Å². The van der Waals surface area contributed by atoms with Crippen molar-refractivity contribution in [2.24, 2.45) is 0 Å². The molecule has 1 aromatic heterocycles. The lowest BCUT2D eigenvalue weighted by atomic mass is 10.1. The summed E-state index contributed by atoms with van der Waals surface area (Å²) in [5, 5.41) is 2.22. The van der Waals surface area contributed by atoms with Crippen molar-refractivity contribution in [3.8, 4) is 0 Å². The number of halogens is 1. The van der Waals surface area contributed by atoms with Crippen LogP contribution in [0, 0.1) is 6.92 Å². The first-order chi connectivity index (χ1) is 5.47. The molecule has 0 spiro atoms. The molecule has 0 radical (unpaired) electrons. The smallest absolute Gasteiger partial charge is 0.148 e. The van der Waals surface area contributed by atoms with Crippen LogP contribution in [0.25, 0.3) is 0 Å². The van der Waals surface area contributed by atoms with Gasteiger partial charge in [0.1, 0.15) is 5.69 Å². The lowest BCUT2D eigenvalue weighted by Gasteiger charge is -2.15. The van der Waals surface area contributed by atoms with Gasteiger partial charge in [0.2, 0.25) is 0 Å². The van der Waals surface area contributed by atoms with Gasteiger partial charge in [-0.3, -0.25) is 4.98 Å². The molecule has 0 unspecified atom stereocenters. The number of nitrogens with zero attached hydrogens (tertiary/aromatic N) is 1. The minimum atomic E-state index is 0. The van der Waals surface area contributed by atoms with E-state index in [1.807, 2.05) is 19.2 Å². The highest BCUT2D eigenvalue weighted by Gasteiger charge is 2.13. The van der Waals surface area contributed by atoms with Crippen LogP contribution in [0.5, 0.6) is 0 Å². The zero-order valence-electron chi connectivity index (χ0n) is 8.63. The van der Waals surface area contributed by atoms with E-state index in [4.69, 9.17) is 0 Å². The highest BCUT2D eigenvalue weighted by atomic mass is 79.9. The van der Waals surface area contributed by atoms with Crippen molar-refractivity contribution in [1.82, 2.24) is 4.98 Å². The van der Waals surface area contributed by atoms with Crippen LogP contribution in [0.3, 0.4) is 0 Å². The van der Waals surface area contributed by atoms with Crippen LogP contribution in [-0.2, 0) is 0 Å². The van der Waals surface area contributed by atoms with Gasteiger partial charge >= 0.3 is 0 Å². The van der Waals surface area contributed by atoms with Crippen molar-refractivity contribution in [2.75, 3.05) is 0 Å². The number of quaternary nitrogens is 1. The molecule has 0 saturated heterocycles. The average Bonchev–Trinajstić information content (AvgIpc) is 1.91. The van der Waals surface area contributed by atoms with Crippen LogP contribution >= 0.6 is 0 Å². The van der Waals surface area contributed by atoms with Crippen molar-refractivity contribution in [3.05, 3.63) is 24.0 Å². The van der Waals surface area contributed by atoms with E-state index in [-0.39, 0.29) is 22.5 Å². The first kappa shape index (κ1) is 12.6. The topological polar surface area (TPSA) is 29.5 Å². The van der Waals surface area contributed by atoms with E-state index >= 15 is 0 Å². The number of aromatic nitrogens is 1. The molecule has 74 valence electrons. The highest BCUT2D eigenvalue weighted by molar-refractivity contribution is 5.25. The van der Waals surface area contributed by atoms with Gasteiger partial charge in [-0.05, 0) is 33.8 Å². The number of nitrogens with two attached hydrogens (primary N) is 1. The molecule has 0 bridgehead atoms. The molecular formula is C10H17BrN2. The Labute approximate surface area is 90.5 Å². The summed E-state index contributed by atoms with van der Waals surface area (Å²) in [4.78, 5) is 4.23. The van der Waals surface area contributed by atoms with E-state index in [9.17, 15) is 0 Å².